The van der Waals surface area contributed by atoms with Crippen LogP contribution in [0.1, 0.15) is 17.5 Å². The van der Waals surface area contributed by atoms with Crippen LogP contribution < -0.4 is 4.74 Å². The SMILES string of the molecule is O=P(O)(O)OCC(CO)CCc1ccc(Sc2cccc(OCc3ccccc3)c2)cc1Cl. The zero-order valence-corrected chi connectivity index (χ0v) is 20.3. The van der Waals surface area contributed by atoms with E-state index in [1.165, 1.54) is 0 Å². The van der Waals surface area contributed by atoms with Crippen LogP contribution in [0, 0.1) is 5.92 Å². The summed E-state index contributed by atoms with van der Waals surface area (Å²) >= 11 is 8.04. The molecule has 3 aromatic carbocycles. The van der Waals surface area contributed by atoms with Gasteiger partial charge >= 0.3 is 7.82 Å². The summed E-state index contributed by atoms with van der Waals surface area (Å²) in [6.07, 6.45) is 1.05. The molecule has 3 rings (SSSR count). The van der Waals surface area contributed by atoms with Crippen molar-refractivity contribution in [1.29, 1.82) is 0 Å². The second-order valence-corrected chi connectivity index (χ2v) is 10.3. The van der Waals surface area contributed by atoms with Gasteiger partial charge in [-0.1, -0.05) is 65.8 Å². The number of halogens is 1. The fourth-order valence-corrected chi connectivity index (χ4v) is 4.74. The van der Waals surface area contributed by atoms with Crippen LogP contribution in [0.15, 0.2) is 82.6 Å². The molecule has 0 radical (unpaired) electrons. The number of hydrogen-bond donors (Lipinski definition) is 3. The number of aliphatic hydroxyl groups excluding tert-OH is 1. The average molecular weight is 509 g/mol. The molecule has 0 amide bonds. The van der Waals surface area contributed by atoms with Gasteiger partial charge in [0.1, 0.15) is 12.4 Å². The van der Waals surface area contributed by atoms with E-state index in [0.717, 1.165) is 26.7 Å². The van der Waals surface area contributed by atoms with Crippen molar-refractivity contribution in [3.05, 3.63) is 88.9 Å². The molecule has 0 spiro atoms. The van der Waals surface area contributed by atoms with Gasteiger partial charge in [0.25, 0.3) is 0 Å². The fourth-order valence-electron chi connectivity index (χ4n) is 3.09. The highest BCUT2D eigenvalue weighted by molar-refractivity contribution is 7.99. The van der Waals surface area contributed by atoms with Crippen molar-refractivity contribution in [2.24, 2.45) is 5.92 Å². The van der Waals surface area contributed by atoms with E-state index in [4.69, 9.17) is 26.1 Å². The van der Waals surface area contributed by atoms with Crippen LogP contribution in [-0.4, -0.2) is 28.1 Å². The van der Waals surface area contributed by atoms with Crippen molar-refractivity contribution < 1.29 is 28.7 Å². The van der Waals surface area contributed by atoms with Crippen LogP contribution in [0.3, 0.4) is 0 Å². The third-order valence-electron chi connectivity index (χ3n) is 4.87. The minimum atomic E-state index is -4.55. The van der Waals surface area contributed by atoms with Gasteiger partial charge in [0.2, 0.25) is 0 Å². The minimum Gasteiger partial charge on any atom is -0.489 e. The van der Waals surface area contributed by atoms with Crippen molar-refractivity contribution in [2.75, 3.05) is 13.2 Å². The molecule has 1 atom stereocenters. The lowest BCUT2D eigenvalue weighted by atomic mass is 10.0. The largest absolute Gasteiger partial charge is 0.489 e. The molecule has 0 fully saturated rings. The van der Waals surface area contributed by atoms with Gasteiger partial charge in [-0.2, -0.15) is 0 Å². The summed E-state index contributed by atoms with van der Waals surface area (Å²) in [4.78, 5) is 19.6. The maximum atomic E-state index is 10.8. The van der Waals surface area contributed by atoms with Crippen LogP contribution in [0.25, 0.3) is 0 Å². The molecule has 0 aliphatic rings. The van der Waals surface area contributed by atoms with Crippen molar-refractivity contribution in [2.45, 2.75) is 29.2 Å². The van der Waals surface area contributed by atoms with Gasteiger partial charge in [-0.3, -0.25) is 4.52 Å². The Labute approximate surface area is 202 Å². The lowest BCUT2D eigenvalue weighted by molar-refractivity contribution is 0.125. The molecule has 9 heteroatoms. The highest BCUT2D eigenvalue weighted by Crippen LogP contribution is 2.37. The third kappa shape index (κ3) is 9.14. The maximum Gasteiger partial charge on any atom is 0.469 e. The standard InChI is InChI=1S/C24H26ClO6PS/c25-24-14-23(12-11-20(24)10-9-19(15-26)17-31-32(27,28)29)33-22-8-4-7-21(13-22)30-16-18-5-2-1-3-6-18/h1-8,11-14,19,26H,9-10,15-17H2,(H2,27,28,29). The summed E-state index contributed by atoms with van der Waals surface area (Å²) in [5.41, 5.74) is 2.00. The van der Waals surface area contributed by atoms with Crippen LogP contribution in [0.2, 0.25) is 5.02 Å². The summed E-state index contributed by atoms with van der Waals surface area (Å²) in [6, 6.07) is 23.7. The van der Waals surface area contributed by atoms with Gasteiger partial charge in [-0.15, -0.1) is 0 Å². The molecule has 3 aromatic rings. The number of hydrogen-bond acceptors (Lipinski definition) is 5. The third-order valence-corrected chi connectivity index (χ3v) is 6.69. The Morgan fingerprint density at radius 2 is 1.73 bits per heavy atom. The molecular formula is C24H26ClO6PS. The first kappa shape index (κ1) is 25.8. The number of phosphoric ester groups is 1. The lowest BCUT2D eigenvalue weighted by Gasteiger charge is -2.15. The summed E-state index contributed by atoms with van der Waals surface area (Å²) in [7, 11) is -4.55. The van der Waals surface area contributed by atoms with Crippen molar-refractivity contribution in [3.8, 4) is 5.75 Å². The highest BCUT2D eigenvalue weighted by atomic mass is 35.5. The zero-order chi connectivity index (χ0) is 23.7. The Kier molecular flexibility index (Phi) is 9.83. The second-order valence-electron chi connectivity index (χ2n) is 7.48. The molecule has 176 valence electrons. The number of phosphoric acid groups is 1. The van der Waals surface area contributed by atoms with Gasteiger partial charge in [0.05, 0.1) is 6.61 Å². The Balaban J connectivity index is 1.56. The molecule has 3 N–H and O–H groups in total. The molecule has 0 heterocycles. The van der Waals surface area contributed by atoms with Crippen LogP contribution in [0.4, 0.5) is 0 Å². The number of ether oxygens (including phenoxy) is 1. The zero-order valence-electron chi connectivity index (χ0n) is 17.8. The van der Waals surface area contributed by atoms with Gasteiger partial charge in [-0.25, -0.2) is 4.57 Å². The van der Waals surface area contributed by atoms with E-state index < -0.39 is 7.82 Å². The van der Waals surface area contributed by atoms with E-state index in [1.807, 2.05) is 72.8 Å². The first-order chi connectivity index (χ1) is 15.8. The van der Waals surface area contributed by atoms with Crippen molar-refractivity contribution >= 4 is 31.2 Å². The van der Waals surface area contributed by atoms with Gasteiger partial charge < -0.3 is 19.6 Å². The van der Waals surface area contributed by atoms with Gasteiger partial charge in [0.15, 0.2) is 0 Å². The molecule has 0 aliphatic carbocycles. The lowest BCUT2D eigenvalue weighted by Crippen LogP contribution is -2.14. The van der Waals surface area contributed by atoms with Crippen LogP contribution in [0.5, 0.6) is 5.75 Å². The molecular weight excluding hydrogens is 483 g/mol. The van der Waals surface area contributed by atoms with Crippen molar-refractivity contribution in [1.82, 2.24) is 0 Å². The molecule has 0 saturated heterocycles. The Hall–Kier alpha value is -1.83. The predicted molar refractivity (Wildman–Crippen MR) is 130 cm³/mol. The smallest absolute Gasteiger partial charge is 0.469 e. The monoisotopic (exact) mass is 508 g/mol. The quantitative estimate of drug-likeness (QED) is 0.269. The topological polar surface area (TPSA) is 96.2 Å². The summed E-state index contributed by atoms with van der Waals surface area (Å²) in [6.45, 7) is 0.0623. The number of aryl methyl sites for hydroxylation is 1. The van der Waals surface area contributed by atoms with Crippen LogP contribution in [-0.2, 0) is 22.1 Å². The molecule has 33 heavy (non-hydrogen) atoms. The molecule has 0 aromatic heterocycles. The Morgan fingerprint density at radius 3 is 2.42 bits per heavy atom. The van der Waals surface area contributed by atoms with Crippen molar-refractivity contribution in [3.63, 3.8) is 0 Å². The summed E-state index contributed by atoms with van der Waals surface area (Å²) in [5, 5.41) is 10.0. The van der Waals surface area contributed by atoms with Gasteiger partial charge in [0, 0.05) is 27.3 Å². The summed E-state index contributed by atoms with van der Waals surface area (Å²) in [5.74, 6) is 0.403. The first-order valence-electron chi connectivity index (χ1n) is 10.4. The van der Waals surface area contributed by atoms with Crippen LogP contribution >= 0.6 is 31.2 Å². The van der Waals surface area contributed by atoms with E-state index in [9.17, 15) is 9.67 Å². The van der Waals surface area contributed by atoms with E-state index in [0.29, 0.717) is 24.5 Å². The molecule has 0 aliphatic heterocycles. The molecule has 6 nitrogen and oxygen atoms in total. The predicted octanol–water partition coefficient (Wildman–Crippen LogP) is 5.72. The Bertz CT molecular complexity index is 1080. The van der Waals surface area contributed by atoms with E-state index in [-0.39, 0.29) is 19.1 Å². The van der Waals surface area contributed by atoms with Gasteiger partial charge in [-0.05, 0) is 54.3 Å². The molecule has 0 saturated carbocycles. The average Bonchev–Trinajstić information content (AvgIpc) is 2.79. The Morgan fingerprint density at radius 1 is 0.970 bits per heavy atom. The van der Waals surface area contributed by atoms with E-state index >= 15 is 0 Å². The number of aliphatic hydroxyl groups is 1. The molecule has 0 bridgehead atoms. The first-order valence-corrected chi connectivity index (χ1v) is 13.1. The molecule has 1 unspecified atom stereocenters. The summed E-state index contributed by atoms with van der Waals surface area (Å²) < 4.78 is 21.2. The highest BCUT2D eigenvalue weighted by Gasteiger charge is 2.18. The van der Waals surface area contributed by atoms with E-state index in [2.05, 4.69) is 4.52 Å². The normalized spacial score (nSPS) is 12.5. The maximum absolute atomic E-state index is 10.8. The fraction of sp³-hybridized carbons (Fsp3) is 0.250. The number of rotatable bonds is 12. The minimum absolute atomic E-state index is 0.213. The second kappa shape index (κ2) is 12.6. The van der Waals surface area contributed by atoms with E-state index in [1.54, 1.807) is 11.8 Å². The number of benzene rings is 3.